The number of methoxy groups -OCH3 is 1. The Balaban J connectivity index is 2.17. The van der Waals surface area contributed by atoms with Crippen molar-refractivity contribution in [3.05, 3.63) is 42.2 Å². The molecule has 82 valence electrons. The normalized spacial score (nSPS) is 12.0. The van der Waals surface area contributed by atoms with Crippen molar-refractivity contribution in [3.63, 3.8) is 0 Å². The van der Waals surface area contributed by atoms with Crippen LogP contribution in [-0.2, 0) is 9.26 Å². The Morgan fingerprint density at radius 2 is 2.07 bits per heavy atom. The summed E-state index contributed by atoms with van der Waals surface area (Å²) in [6.45, 7) is 2.35. The lowest BCUT2D eigenvalue weighted by atomic mass is 10.3. The Bertz CT molecular complexity index is 298. The average molecular weight is 226 g/mol. The van der Waals surface area contributed by atoms with Gasteiger partial charge in [0.25, 0.3) is 0 Å². The molecule has 0 amide bonds. The lowest BCUT2D eigenvalue weighted by Crippen LogP contribution is -1.95. The molecule has 3 nitrogen and oxygen atoms in total. The molecule has 0 aliphatic carbocycles. The van der Waals surface area contributed by atoms with Crippen LogP contribution in [0.5, 0.6) is 5.75 Å². The molecule has 1 aromatic rings. The number of rotatable bonds is 6. The average Bonchev–Trinajstić information content (AvgIpc) is 2.31. The fourth-order valence-corrected chi connectivity index (χ4v) is 1.42. The quantitative estimate of drug-likeness (QED) is 0.423. The first-order chi connectivity index (χ1) is 7.36. The van der Waals surface area contributed by atoms with Crippen molar-refractivity contribution >= 4 is 9.03 Å². The van der Waals surface area contributed by atoms with Crippen molar-refractivity contribution in [1.82, 2.24) is 0 Å². The second-order valence-corrected chi connectivity index (χ2v) is 3.41. The van der Waals surface area contributed by atoms with E-state index in [1.807, 2.05) is 43.3 Å². The van der Waals surface area contributed by atoms with Crippen molar-refractivity contribution in [2.75, 3.05) is 13.7 Å². The third-order valence-corrected chi connectivity index (χ3v) is 2.34. The van der Waals surface area contributed by atoms with E-state index in [1.165, 1.54) is 0 Å². The van der Waals surface area contributed by atoms with E-state index in [2.05, 4.69) is 0 Å². The van der Waals surface area contributed by atoms with E-state index in [-0.39, 0.29) is 9.03 Å². The van der Waals surface area contributed by atoms with Gasteiger partial charge in [0.15, 0.2) is 0 Å². The molecule has 4 heteroatoms. The summed E-state index contributed by atoms with van der Waals surface area (Å²) >= 11 is 0. The van der Waals surface area contributed by atoms with Crippen molar-refractivity contribution in [1.29, 1.82) is 0 Å². The summed E-state index contributed by atoms with van der Waals surface area (Å²) in [7, 11) is 1.61. The summed E-state index contributed by atoms with van der Waals surface area (Å²) in [5.74, 6) is 1.62. The van der Waals surface area contributed by atoms with Gasteiger partial charge in [-0.1, -0.05) is 18.2 Å². The first-order valence-corrected chi connectivity index (χ1v) is 5.46. The molecule has 0 saturated carbocycles. The summed E-state index contributed by atoms with van der Waals surface area (Å²) < 4.78 is 15.7. The molecule has 1 unspecified atom stereocenters. The highest BCUT2D eigenvalue weighted by Gasteiger charge is 1.96. The van der Waals surface area contributed by atoms with E-state index in [0.717, 1.165) is 11.5 Å². The Morgan fingerprint density at radius 1 is 1.33 bits per heavy atom. The van der Waals surface area contributed by atoms with Gasteiger partial charge >= 0.3 is 0 Å². The van der Waals surface area contributed by atoms with Crippen LogP contribution in [0.25, 0.3) is 0 Å². The van der Waals surface area contributed by atoms with Crippen LogP contribution in [0.3, 0.4) is 0 Å². The molecule has 0 spiro atoms. The molecule has 0 fully saturated rings. The fourth-order valence-electron chi connectivity index (χ4n) is 0.927. The second-order valence-electron chi connectivity index (χ2n) is 2.75. The van der Waals surface area contributed by atoms with E-state index in [9.17, 15) is 0 Å². The molecule has 0 aliphatic rings. The van der Waals surface area contributed by atoms with Gasteiger partial charge in [0.05, 0.1) is 7.11 Å². The zero-order valence-electron chi connectivity index (χ0n) is 8.90. The number of para-hydroxylation sites is 1. The summed E-state index contributed by atoms with van der Waals surface area (Å²) in [6, 6.07) is 9.57. The maximum atomic E-state index is 5.37. The van der Waals surface area contributed by atoms with E-state index >= 15 is 0 Å². The Kier molecular flexibility index (Phi) is 5.83. The van der Waals surface area contributed by atoms with Gasteiger partial charge in [-0.3, -0.25) is 0 Å². The highest BCUT2D eigenvalue weighted by Crippen LogP contribution is 2.21. The zero-order valence-corrected chi connectivity index (χ0v) is 9.90. The molecular weight excluding hydrogens is 211 g/mol. The smallest absolute Gasteiger partial charge is 0.215 e. The molecule has 1 rings (SSSR count). The standard InChI is InChI=1S/C11H15O3P/c1-3-10(12-2)9-13-15-14-11-7-5-4-6-8-11/h3-8,15H,9H2,1-2H3/b10-3+. The van der Waals surface area contributed by atoms with Crippen LogP contribution in [0.4, 0.5) is 0 Å². The van der Waals surface area contributed by atoms with E-state index in [0.29, 0.717) is 6.61 Å². The first-order valence-electron chi connectivity index (χ1n) is 4.64. The highest BCUT2D eigenvalue weighted by molar-refractivity contribution is 7.26. The van der Waals surface area contributed by atoms with Crippen LogP contribution >= 0.6 is 9.03 Å². The van der Waals surface area contributed by atoms with Crippen LogP contribution < -0.4 is 4.52 Å². The summed E-state index contributed by atoms with van der Waals surface area (Å²) in [4.78, 5) is 0. The number of ether oxygens (including phenoxy) is 1. The lowest BCUT2D eigenvalue weighted by Gasteiger charge is -2.07. The monoisotopic (exact) mass is 226 g/mol. The largest absolute Gasteiger partial charge is 0.499 e. The minimum atomic E-state index is -0.0123. The van der Waals surface area contributed by atoms with Crippen LogP contribution in [0.15, 0.2) is 42.2 Å². The lowest BCUT2D eigenvalue weighted by molar-refractivity contribution is 0.224. The SMILES string of the molecule is C/C=C(\COPOc1ccccc1)OC. The van der Waals surface area contributed by atoms with Crippen LogP contribution in [0.2, 0.25) is 0 Å². The molecule has 0 N–H and O–H groups in total. The third kappa shape index (κ3) is 4.82. The maximum Gasteiger partial charge on any atom is 0.215 e. The van der Waals surface area contributed by atoms with E-state index < -0.39 is 0 Å². The van der Waals surface area contributed by atoms with Crippen molar-refractivity contribution in [2.45, 2.75) is 6.92 Å². The van der Waals surface area contributed by atoms with E-state index in [1.54, 1.807) is 7.11 Å². The van der Waals surface area contributed by atoms with Crippen molar-refractivity contribution in [3.8, 4) is 5.75 Å². The highest BCUT2D eigenvalue weighted by atomic mass is 31.1. The number of hydrogen-bond donors (Lipinski definition) is 0. The van der Waals surface area contributed by atoms with Gasteiger partial charge in [0.1, 0.15) is 18.1 Å². The minimum absolute atomic E-state index is 0.0123. The van der Waals surface area contributed by atoms with Gasteiger partial charge in [-0.15, -0.1) is 0 Å². The predicted molar refractivity (Wildman–Crippen MR) is 62.1 cm³/mol. The molecule has 1 atom stereocenters. The maximum absolute atomic E-state index is 5.37. The van der Waals surface area contributed by atoms with E-state index in [4.69, 9.17) is 13.8 Å². The molecule has 1 aromatic carbocycles. The van der Waals surface area contributed by atoms with Gasteiger partial charge in [-0.2, -0.15) is 0 Å². The number of benzene rings is 1. The first kappa shape index (κ1) is 12.0. The van der Waals surface area contributed by atoms with Gasteiger partial charge in [0.2, 0.25) is 9.03 Å². The topological polar surface area (TPSA) is 27.7 Å². The third-order valence-electron chi connectivity index (χ3n) is 1.76. The molecule has 0 radical (unpaired) electrons. The van der Waals surface area contributed by atoms with Gasteiger partial charge in [-0.25, -0.2) is 0 Å². The van der Waals surface area contributed by atoms with Crippen LogP contribution in [0.1, 0.15) is 6.92 Å². The summed E-state index contributed by atoms with van der Waals surface area (Å²) in [5.41, 5.74) is 0. The Morgan fingerprint density at radius 3 is 2.67 bits per heavy atom. The van der Waals surface area contributed by atoms with Crippen molar-refractivity contribution in [2.24, 2.45) is 0 Å². The summed E-state index contributed by atoms with van der Waals surface area (Å²) in [5, 5.41) is 0. The number of allylic oxidation sites excluding steroid dienone is 1. The van der Waals surface area contributed by atoms with Gasteiger partial charge < -0.3 is 13.8 Å². The van der Waals surface area contributed by atoms with Gasteiger partial charge in [0, 0.05) is 0 Å². The molecular formula is C11H15O3P. The van der Waals surface area contributed by atoms with Crippen LogP contribution in [0, 0.1) is 0 Å². The molecule has 0 heterocycles. The molecule has 0 saturated heterocycles. The zero-order chi connectivity index (χ0) is 10.9. The summed E-state index contributed by atoms with van der Waals surface area (Å²) in [6.07, 6.45) is 1.87. The molecule has 0 bridgehead atoms. The molecule has 15 heavy (non-hydrogen) atoms. The second kappa shape index (κ2) is 7.27. The van der Waals surface area contributed by atoms with Gasteiger partial charge in [-0.05, 0) is 25.1 Å². The molecule has 0 aliphatic heterocycles. The Hall–Kier alpha value is -1.05. The predicted octanol–water partition coefficient (Wildman–Crippen LogP) is 3.14. The molecule has 0 aromatic heterocycles. The minimum Gasteiger partial charge on any atom is -0.499 e. The fraction of sp³-hybridized carbons (Fsp3) is 0.273. The number of hydrogen-bond acceptors (Lipinski definition) is 3. The Labute approximate surface area is 92.0 Å². The van der Waals surface area contributed by atoms with Crippen LogP contribution in [-0.4, -0.2) is 13.7 Å². The van der Waals surface area contributed by atoms with Crippen molar-refractivity contribution < 1.29 is 13.8 Å².